The first-order valence-corrected chi connectivity index (χ1v) is 12.5. The largest absolute Gasteiger partial charge is 0.508 e. The van der Waals surface area contributed by atoms with Gasteiger partial charge in [0, 0.05) is 25.7 Å². The number of carbonyl (C=O) groups excluding carboxylic acids is 1. The van der Waals surface area contributed by atoms with E-state index in [1.165, 1.54) is 5.56 Å². The molecule has 1 saturated heterocycles. The zero-order valence-corrected chi connectivity index (χ0v) is 20.8. The van der Waals surface area contributed by atoms with Gasteiger partial charge < -0.3 is 25.7 Å². The standard InChI is InChI=1S/C28H39N3O3/c1-18(2)26(30-27(34)25-13-20-8-9-24(33)12-21(20)15-29-25)17-31-11-10-28(4,19(3)16-31)22-6-5-7-23(32)14-22/h5-9,12,14,18-19,25-26,29,32-33H,10-11,13,15-17H2,1-4H3,(H,30,34)/t19-,25-,26-,28+/m1/s1. The van der Waals surface area contributed by atoms with Gasteiger partial charge in [0.25, 0.3) is 0 Å². The van der Waals surface area contributed by atoms with E-state index >= 15 is 0 Å². The highest BCUT2D eigenvalue weighted by Crippen LogP contribution is 2.40. The van der Waals surface area contributed by atoms with Gasteiger partial charge in [-0.15, -0.1) is 0 Å². The minimum Gasteiger partial charge on any atom is -0.508 e. The molecule has 0 unspecified atom stereocenters. The Bertz CT molecular complexity index is 1020. The molecule has 34 heavy (non-hydrogen) atoms. The number of nitrogens with zero attached hydrogens (tertiary/aromatic N) is 1. The molecule has 1 amide bonds. The van der Waals surface area contributed by atoms with E-state index in [-0.39, 0.29) is 29.2 Å². The average Bonchev–Trinajstić information content (AvgIpc) is 2.80. The van der Waals surface area contributed by atoms with E-state index in [2.05, 4.69) is 49.3 Å². The summed E-state index contributed by atoms with van der Waals surface area (Å²) in [4.78, 5) is 15.6. The van der Waals surface area contributed by atoms with Gasteiger partial charge in [-0.05, 0) is 77.6 Å². The van der Waals surface area contributed by atoms with Crippen LogP contribution in [0, 0.1) is 11.8 Å². The number of likely N-dealkylation sites (tertiary alicyclic amines) is 1. The molecule has 0 spiro atoms. The van der Waals surface area contributed by atoms with Crippen molar-refractivity contribution in [3.63, 3.8) is 0 Å². The van der Waals surface area contributed by atoms with Crippen LogP contribution in [0.25, 0.3) is 0 Å². The van der Waals surface area contributed by atoms with Crippen molar-refractivity contribution in [2.75, 3.05) is 19.6 Å². The Balaban J connectivity index is 1.36. The highest BCUT2D eigenvalue weighted by atomic mass is 16.3. The molecule has 2 aromatic carbocycles. The molecule has 4 rings (SSSR count). The Morgan fingerprint density at radius 2 is 1.94 bits per heavy atom. The molecular weight excluding hydrogens is 426 g/mol. The fourth-order valence-electron chi connectivity index (χ4n) is 5.44. The van der Waals surface area contributed by atoms with Crippen molar-refractivity contribution in [2.24, 2.45) is 11.8 Å². The molecule has 2 aliphatic heterocycles. The third-order valence-corrected chi connectivity index (χ3v) is 8.13. The third-order valence-electron chi connectivity index (χ3n) is 8.13. The Kier molecular flexibility index (Phi) is 7.20. The number of hydrogen-bond donors (Lipinski definition) is 4. The third kappa shape index (κ3) is 5.23. The lowest BCUT2D eigenvalue weighted by molar-refractivity contribution is -0.124. The van der Waals surface area contributed by atoms with Gasteiger partial charge in [-0.25, -0.2) is 0 Å². The molecule has 2 aliphatic rings. The molecule has 2 aromatic rings. The molecule has 0 saturated carbocycles. The smallest absolute Gasteiger partial charge is 0.237 e. The number of rotatable bonds is 6. The van der Waals surface area contributed by atoms with E-state index in [0.717, 1.165) is 37.2 Å². The minimum absolute atomic E-state index is 0.0274. The summed E-state index contributed by atoms with van der Waals surface area (Å²) in [6.45, 7) is 12.3. The van der Waals surface area contributed by atoms with Crippen LogP contribution in [0.1, 0.15) is 50.8 Å². The normalized spacial score (nSPS) is 26.1. The van der Waals surface area contributed by atoms with E-state index in [4.69, 9.17) is 0 Å². The van der Waals surface area contributed by atoms with E-state index in [1.54, 1.807) is 18.2 Å². The fourth-order valence-corrected chi connectivity index (χ4v) is 5.44. The topological polar surface area (TPSA) is 84.8 Å². The van der Waals surface area contributed by atoms with Crippen molar-refractivity contribution in [1.29, 1.82) is 0 Å². The zero-order valence-electron chi connectivity index (χ0n) is 20.8. The lowest BCUT2D eigenvalue weighted by Gasteiger charge is -2.46. The summed E-state index contributed by atoms with van der Waals surface area (Å²) in [5.74, 6) is 1.39. The zero-order chi connectivity index (χ0) is 24.5. The van der Waals surface area contributed by atoms with Crippen LogP contribution in [0.2, 0.25) is 0 Å². The maximum Gasteiger partial charge on any atom is 0.237 e. The van der Waals surface area contributed by atoms with Gasteiger partial charge in [0.15, 0.2) is 0 Å². The van der Waals surface area contributed by atoms with E-state index in [1.807, 2.05) is 18.2 Å². The fraction of sp³-hybridized carbons (Fsp3) is 0.536. The summed E-state index contributed by atoms with van der Waals surface area (Å²) in [7, 11) is 0. The average molecular weight is 466 g/mol. The summed E-state index contributed by atoms with van der Waals surface area (Å²) in [5.41, 5.74) is 3.40. The summed E-state index contributed by atoms with van der Waals surface area (Å²) >= 11 is 0. The maximum atomic E-state index is 13.2. The van der Waals surface area contributed by atoms with Crippen molar-refractivity contribution in [1.82, 2.24) is 15.5 Å². The maximum absolute atomic E-state index is 13.2. The summed E-state index contributed by atoms with van der Waals surface area (Å²) < 4.78 is 0. The van der Waals surface area contributed by atoms with Crippen molar-refractivity contribution < 1.29 is 15.0 Å². The molecule has 6 heteroatoms. The van der Waals surface area contributed by atoms with E-state index in [0.29, 0.717) is 30.6 Å². The molecule has 0 aromatic heterocycles. The lowest BCUT2D eigenvalue weighted by Crippen LogP contribution is -2.56. The number of phenols is 2. The first kappa shape index (κ1) is 24.6. The Labute approximate surface area is 203 Å². The predicted molar refractivity (Wildman–Crippen MR) is 135 cm³/mol. The number of nitrogens with one attached hydrogen (secondary N) is 2. The van der Waals surface area contributed by atoms with Crippen molar-refractivity contribution in [3.8, 4) is 11.5 Å². The summed E-state index contributed by atoms with van der Waals surface area (Å²) in [6.07, 6.45) is 1.65. The number of hydrogen-bond acceptors (Lipinski definition) is 5. The molecule has 4 N–H and O–H groups in total. The first-order valence-electron chi connectivity index (χ1n) is 12.5. The number of aromatic hydroxyl groups is 2. The van der Waals surface area contributed by atoms with Crippen LogP contribution in [0.5, 0.6) is 11.5 Å². The van der Waals surface area contributed by atoms with Gasteiger partial charge in [-0.2, -0.15) is 0 Å². The SMILES string of the molecule is CC(C)[C@@H](CN1CC[C@](C)(c2cccc(O)c2)[C@H](C)C1)NC(=O)[C@H]1Cc2ccc(O)cc2CN1. The van der Waals surface area contributed by atoms with E-state index in [9.17, 15) is 15.0 Å². The highest BCUT2D eigenvalue weighted by Gasteiger charge is 2.39. The molecule has 4 atom stereocenters. The van der Waals surface area contributed by atoms with Gasteiger partial charge in [0.05, 0.1) is 6.04 Å². The summed E-state index contributed by atoms with van der Waals surface area (Å²) in [6, 6.07) is 12.9. The van der Waals surface area contributed by atoms with E-state index < -0.39 is 0 Å². The van der Waals surface area contributed by atoms with Crippen LogP contribution in [0.3, 0.4) is 0 Å². The van der Waals surface area contributed by atoms with Crippen molar-refractivity contribution >= 4 is 5.91 Å². The second-order valence-corrected chi connectivity index (χ2v) is 10.8. The quantitative estimate of drug-likeness (QED) is 0.524. The number of benzene rings is 2. The van der Waals surface area contributed by atoms with Crippen LogP contribution in [-0.4, -0.2) is 52.7 Å². The molecule has 6 nitrogen and oxygen atoms in total. The number of carbonyl (C=O) groups is 1. The predicted octanol–water partition coefficient (Wildman–Crippen LogP) is 3.55. The highest BCUT2D eigenvalue weighted by molar-refractivity contribution is 5.82. The van der Waals surface area contributed by atoms with Crippen LogP contribution in [0.4, 0.5) is 0 Å². The number of phenolic OH excluding ortho intramolecular Hbond substituents is 2. The number of amides is 1. The first-order chi connectivity index (χ1) is 16.2. The molecule has 0 bridgehead atoms. The Hall–Kier alpha value is -2.57. The number of fused-ring (bicyclic) bond motifs is 1. The molecule has 0 radical (unpaired) electrons. The number of piperidine rings is 1. The van der Waals surface area contributed by atoms with Crippen molar-refractivity contribution in [3.05, 3.63) is 59.2 Å². The molecule has 2 heterocycles. The second kappa shape index (κ2) is 9.96. The minimum atomic E-state index is -0.257. The van der Waals surface area contributed by atoms with Crippen LogP contribution in [-0.2, 0) is 23.2 Å². The van der Waals surface area contributed by atoms with Crippen molar-refractivity contribution in [2.45, 2.75) is 64.6 Å². The summed E-state index contributed by atoms with van der Waals surface area (Å²) in [5, 5.41) is 26.3. The molecule has 184 valence electrons. The van der Waals surface area contributed by atoms with Gasteiger partial charge >= 0.3 is 0 Å². The second-order valence-electron chi connectivity index (χ2n) is 10.8. The van der Waals surface area contributed by atoms with Gasteiger partial charge in [-0.1, -0.05) is 45.9 Å². The van der Waals surface area contributed by atoms with Gasteiger partial charge in [0.2, 0.25) is 5.91 Å². The van der Waals surface area contributed by atoms with Gasteiger partial charge in [-0.3, -0.25) is 4.79 Å². The monoisotopic (exact) mass is 465 g/mol. The molecule has 0 aliphatic carbocycles. The Morgan fingerprint density at radius 3 is 2.65 bits per heavy atom. The van der Waals surface area contributed by atoms with Crippen LogP contribution >= 0.6 is 0 Å². The molecule has 1 fully saturated rings. The van der Waals surface area contributed by atoms with Gasteiger partial charge in [0.1, 0.15) is 11.5 Å². The lowest BCUT2D eigenvalue weighted by atomic mass is 9.68. The molecular formula is C28H39N3O3. The van der Waals surface area contributed by atoms with Crippen LogP contribution in [0.15, 0.2) is 42.5 Å². The van der Waals surface area contributed by atoms with Crippen LogP contribution < -0.4 is 10.6 Å². The Morgan fingerprint density at radius 1 is 1.18 bits per heavy atom.